The Morgan fingerprint density at radius 2 is 1.81 bits per heavy atom. The normalized spacial score (nSPS) is 16.9. The zero-order valence-electron chi connectivity index (χ0n) is 17.9. The van der Waals surface area contributed by atoms with Gasteiger partial charge in [0, 0.05) is 29.2 Å². The van der Waals surface area contributed by atoms with Gasteiger partial charge >= 0.3 is 0 Å². The molecule has 4 nitrogen and oxygen atoms in total. The zero-order chi connectivity index (χ0) is 21.0. The van der Waals surface area contributed by atoms with Gasteiger partial charge in [0.2, 0.25) is 0 Å². The molecule has 1 saturated heterocycles. The van der Waals surface area contributed by atoms with Gasteiger partial charge in [-0.2, -0.15) is 0 Å². The standard InChI is InChI=1S/C27H28N4/c1-19-5-4-7-26(30-19)27-25(6-2-3-14-29-27)21-9-8-20-10-11-24(18-22(20)17-21)31-23-12-15-28-16-13-23/h2-11,14,17-18,23,28-29,31H,12-13,15-16H2,1H3. The number of nitrogens with one attached hydrogen (secondary N) is 3. The van der Waals surface area contributed by atoms with Gasteiger partial charge in [-0.15, -0.1) is 0 Å². The number of piperidine rings is 1. The van der Waals surface area contributed by atoms with E-state index in [2.05, 4.69) is 76.6 Å². The van der Waals surface area contributed by atoms with Gasteiger partial charge in [0.15, 0.2) is 0 Å². The first kappa shape index (κ1) is 19.6. The van der Waals surface area contributed by atoms with E-state index in [-0.39, 0.29) is 0 Å². The van der Waals surface area contributed by atoms with E-state index in [1.807, 2.05) is 25.3 Å². The lowest BCUT2D eigenvalue weighted by Gasteiger charge is -2.24. The minimum absolute atomic E-state index is 0.545. The second-order valence-corrected chi connectivity index (χ2v) is 8.26. The number of rotatable bonds is 4. The van der Waals surface area contributed by atoms with Gasteiger partial charge in [-0.05, 0) is 85.6 Å². The second-order valence-electron chi connectivity index (χ2n) is 8.26. The molecular weight excluding hydrogens is 380 g/mol. The Hall–Kier alpha value is -3.37. The molecule has 0 spiro atoms. The maximum absolute atomic E-state index is 4.75. The fourth-order valence-electron chi connectivity index (χ4n) is 4.34. The third-order valence-electron chi connectivity index (χ3n) is 5.97. The van der Waals surface area contributed by atoms with Crippen LogP contribution in [-0.2, 0) is 0 Å². The Bertz CT molecular complexity index is 1180. The van der Waals surface area contributed by atoms with E-state index in [0.717, 1.165) is 35.7 Å². The molecule has 4 heteroatoms. The van der Waals surface area contributed by atoms with E-state index in [0.29, 0.717) is 6.04 Å². The van der Waals surface area contributed by atoms with E-state index in [4.69, 9.17) is 4.98 Å². The van der Waals surface area contributed by atoms with Crippen molar-refractivity contribution in [2.75, 3.05) is 18.4 Å². The van der Waals surface area contributed by atoms with Gasteiger partial charge in [0.25, 0.3) is 0 Å². The third kappa shape index (κ3) is 4.39. The molecule has 31 heavy (non-hydrogen) atoms. The summed E-state index contributed by atoms with van der Waals surface area (Å²) in [6, 6.07) is 20.1. The fourth-order valence-corrected chi connectivity index (χ4v) is 4.34. The minimum atomic E-state index is 0.545. The lowest BCUT2D eigenvalue weighted by atomic mass is 9.97. The first-order valence-electron chi connectivity index (χ1n) is 11.1. The Morgan fingerprint density at radius 1 is 0.935 bits per heavy atom. The molecule has 2 aliphatic rings. The lowest BCUT2D eigenvalue weighted by Crippen LogP contribution is -2.35. The van der Waals surface area contributed by atoms with Crippen LogP contribution >= 0.6 is 0 Å². The van der Waals surface area contributed by atoms with Crippen LogP contribution < -0.4 is 16.0 Å². The van der Waals surface area contributed by atoms with Crippen molar-refractivity contribution in [3.63, 3.8) is 0 Å². The summed E-state index contributed by atoms with van der Waals surface area (Å²) in [6.45, 7) is 4.21. The maximum atomic E-state index is 4.75. The molecule has 156 valence electrons. The second kappa shape index (κ2) is 8.78. The molecule has 0 amide bonds. The van der Waals surface area contributed by atoms with Crippen LogP contribution in [0.3, 0.4) is 0 Å². The lowest BCUT2D eigenvalue weighted by molar-refractivity contribution is 0.479. The fraction of sp³-hybridized carbons (Fsp3) is 0.222. The number of allylic oxidation sites excluding steroid dienone is 4. The van der Waals surface area contributed by atoms with Crippen molar-refractivity contribution >= 4 is 27.7 Å². The van der Waals surface area contributed by atoms with Crippen LogP contribution in [0.5, 0.6) is 0 Å². The predicted molar refractivity (Wildman–Crippen MR) is 131 cm³/mol. The van der Waals surface area contributed by atoms with Crippen molar-refractivity contribution in [3.05, 3.63) is 96.0 Å². The Balaban J connectivity index is 1.54. The number of benzene rings is 2. The molecular formula is C27H28N4. The predicted octanol–water partition coefficient (Wildman–Crippen LogP) is 5.25. The smallest absolute Gasteiger partial charge is 0.0873 e. The summed E-state index contributed by atoms with van der Waals surface area (Å²) in [6.07, 6.45) is 10.6. The monoisotopic (exact) mass is 408 g/mol. The maximum Gasteiger partial charge on any atom is 0.0873 e. The Labute approximate surface area is 183 Å². The molecule has 2 aliphatic heterocycles. The highest BCUT2D eigenvalue weighted by molar-refractivity contribution is 5.98. The molecule has 5 rings (SSSR count). The van der Waals surface area contributed by atoms with E-state index in [1.54, 1.807) is 0 Å². The van der Waals surface area contributed by atoms with Gasteiger partial charge in [0.05, 0.1) is 11.4 Å². The average Bonchev–Trinajstić information content (AvgIpc) is 3.05. The van der Waals surface area contributed by atoms with Gasteiger partial charge in [-0.3, -0.25) is 4.98 Å². The highest BCUT2D eigenvalue weighted by Gasteiger charge is 2.14. The molecule has 0 unspecified atom stereocenters. The number of hydrogen-bond donors (Lipinski definition) is 3. The van der Waals surface area contributed by atoms with Crippen LogP contribution in [0.4, 0.5) is 5.69 Å². The van der Waals surface area contributed by atoms with Gasteiger partial charge in [-0.25, -0.2) is 0 Å². The summed E-state index contributed by atoms with van der Waals surface area (Å²) in [7, 11) is 0. The SMILES string of the molecule is Cc1cccc(C2=C(c3ccc4ccc(NC5CCNCC5)cc4c3)C=CC=CN2)n1. The molecule has 0 bridgehead atoms. The summed E-state index contributed by atoms with van der Waals surface area (Å²) in [5, 5.41) is 13.1. The zero-order valence-corrected chi connectivity index (χ0v) is 17.9. The van der Waals surface area contributed by atoms with Crippen LogP contribution in [0.15, 0.2) is 79.0 Å². The van der Waals surface area contributed by atoms with Crippen molar-refractivity contribution in [3.8, 4) is 0 Å². The average molecular weight is 409 g/mol. The molecule has 0 atom stereocenters. The van der Waals surface area contributed by atoms with Gasteiger partial charge < -0.3 is 16.0 Å². The van der Waals surface area contributed by atoms with Crippen LogP contribution in [0.25, 0.3) is 22.0 Å². The van der Waals surface area contributed by atoms with Crippen LogP contribution in [0.1, 0.15) is 29.8 Å². The Kier molecular flexibility index (Phi) is 5.55. The number of pyridine rings is 1. The first-order valence-corrected chi connectivity index (χ1v) is 11.1. The number of fused-ring (bicyclic) bond motifs is 1. The highest BCUT2D eigenvalue weighted by atomic mass is 15.0. The molecule has 1 fully saturated rings. The Morgan fingerprint density at radius 3 is 2.68 bits per heavy atom. The quantitative estimate of drug-likeness (QED) is 0.552. The summed E-state index contributed by atoms with van der Waals surface area (Å²) in [4.78, 5) is 4.75. The topological polar surface area (TPSA) is 49.0 Å². The summed E-state index contributed by atoms with van der Waals surface area (Å²) in [5.74, 6) is 0. The highest BCUT2D eigenvalue weighted by Crippen LogP contribution is 2.30. The molecule has 3 N–H and O–H groups in total. The van der Waals surface area contributed by atoms with Crippen LogP contribution in [0, 0.1) is 6.92 Å². The van der Waals surface area contributed by atoms with E-state index < -0.39 is 0 Å². The number of nitrogens with zero attached hydrogens (tertiary/aromatic N) is 1. The van der Waals surface area contributed by atoms with E-state index >= 15 is 0 Å². The number of aromatic nitrogens is 1. The van der Waals surface area contributed by atoms with Crippen molar-refractivity contribution in [1.29, 1.82) is 0 Å². The first-order chi connectivity index (χ1) is 15.3. The number of anilines is 1. The van der Waals surface area contributed by atoms with Crippen LogP contribution in [-0.4, -0.2) is 24.1 Å². The number of aryl methyl sites for hydroxylation is 1. The summed E-state index contributed by atoms with van der Waals surface area (Å²) in [5.41, 5.74) is 6.50. The van der Waals surface area contributed by atoms with Gasteiger partial charge in [0.1, 0.15) is 0 Å². The molecule has 3 heterocycles. The van der Waals surface area contributed by atoms with Crippen molar-refractivity contribution in [1.82, 2.24) is 15.6 Å². The van der Waals surface area contributed by atoms with Gasteiger partial charge in [-0.1, -0.05) is 36.4 Å². The molecule has 1 aromatic heterocycles. The van der Waals surface area contributed by atoms with Crippen molar-refractivity contribution in [2.45, 2.75) is 25.8 Å². The van der Waals surface area contributed by atoms with E-state index in [1.165, 1.54) is 34.9 Å². The molecule has 0 radical (unpaired) electrons. The van der Waals surface area contributed by atoms with Crippen LogP contribution in [0.2, 0.25) is 0 Å². The van der Waals surface area contributed by atoms with E-state index in [9.17, 15) is 0 Å². The third-order valence-corrected chi connectivity index (χ3v) is 5.97. The minimum Gasteiger partial charge on any atom is -0.382 e. The molecule has 0 aliphatic carbocycles. The van der Waals surface area contributed by atoms with Crippen molar-refractivity contribution in [2.24, 2.45) is 0 Å². The molecule has 3 aromatic rings. The van der Waals surface area contributed by atoms with Crippen molar-refractivity contribution < 1.29 is 0 Å². The summed E-state index contributed by atoms with van der Waals surface area (Å²) >= 11 is 0. The molecule has 2 aromatic carbocycles. The molecule has 0 saturated carbocycles. The largest absolute Gasteiger partial charge is 0.382 e. The summed E-state index contributed by atoms with van der Waals surface area (Å²) < 4.78 is 0. The number of hydrogen-bond acceptors (Lipinski definition) is 4.